The van der Waals surface area contributed by atoms with Crippen molar-refractivity contribution in [3.8, 4) is 0 Å². The van der Waals surface area contributed by atoms with Crippen molar-refractivity contribution in [2.75, 3.05) is 0 Å². The first-order chi connectivity index (χ1) is 10.2. The lowest BCUT2D eigenvalue weighted by Gasteiger charge is -2.35. The molecule has 3 heteroatoms. The summed E-state index contributed by atoms with van der Waals surface area (Å²) in [7, 11) is 0. The van der Waals surface area contributed by atoms with E-state index in [1.54, 1.807) is 6.08 Å². The second-order valence-corrected chi connectivity index (χ2v) is 5.94. The second-order valence-electron chi connectivity index (χ2n) is 5.94. The molecule has 1 saturated carbocycles. The van der Waals surface area contributed by atoms with E-state index in [-0.39, 0.29) is 11.7 Å². The normalized spacial score (nSPS) is 22.2. The van der Waals surface area contributed by atoms with Gasteiger partial charge in [0.25, 0.3) is 0 Å². The zero-order chi connectivity index (χ0) is 14.9. The van der Waals surface area contributed by atoms with Crippen LogP contribution in [0.3, 0.4) is 0 Å². The quantitative estimate of drug-likeness (QED) is 0.673. The molecule has 0 saturated heterocycles. The molecule has 2 aliphatic rings. The second kappa shape index (κ2) is 5.40. The third kappa shape index (κ3) is 2.48. The lowest BCUT2D eigenvalue weighted by Crippen LogP contribution is -2.38. The Morgan fingerprint density at radius 2 is 1.90 bits per heavy atom. The van der Waals surface area contributed by atoms with Crippen LogP contribution in [0, 0.1) is 0 Å². The number of benzene rings is 1. The molecule has 1 fully saturated rings. The molecular weight excluding hydrogens is 264 g/mol. The maximum atomic E-state index is 12.5. The van der Waals surface area contributed by atoms with E-state index < -0.39 is 11.6 Å². The zero-order valence-electron chi connectivity index (χ0n) is 12.0. The van der Waals surface area contributed by atoms with Crippen molar-refractivity contribution in [3.05, 3.63) is 59.9 Å². The minimum absolute atomic E-state index is 0.168. The van der Waals surface area contributed by atoms with Crippen LogP contribution < -0.4 is 0 Å². The average Bonchev–Trinajstić information content (AvgIpc) is 2.91. The van der Waals surface area contributed by atoms with Crippen molar-refractivity contribution in [1.29, 1.82) is 0 Å². The summed E-state index contributed by atoms with van der Waals surface area (Å²) in [6.45, 7) is 3.82. The summed E-state index contributed by atoms with van der Waals surface area (Å²) in [5, 5.41) is 10.5. The third-order valence-corrected chi connectivity index (χ3v) is 4.55. The highest BCUT2D eigenvalue weighted by Gasteiger charge is 2.45. The Morgan fingerprint density at radius 1 is 1.24 bits per heavy atom. The lowest BCUT2D eigenvalue weighted by atomic mass is 9.84. The predicted octanol–water partition coefficient (Wildman–Crippen LogP) is 4.03. The highest BCUT2D eigenvalue weighted by atomic mass is 16.6. The summed E-state index contributed by atoms with van der Waals surface area (Å²) < 4.78 is 5.72. The van der Waals surface area contributed by atoms with Gasteiger partial charge in [0.2, 0.25) is 0 Å². The van der Waals surface area contributed by atoms with Crippen LogP contribution in [0.1, 0.15) is 43.6 Å². The van der Waals surface area contributed by atoms with Gasteiger partial charge in [0.05, 0.1) is 5.57 Å². The van der Waals surface area contributed by atoms with Gasteiger partial charge in [0.1, 0.15) is 11.4 Å². The molecule has 21 heavy (non-hydrogen) atoms. The average molecular weight is 284 g/mol. The van der Waals surface area contributed by atoms with E-state index in [1.165, 1.54) is 0 Å². The van der Waals surface area contributed by atoms with Crippen molar-refractivity contribution < 1.29 is 14.6 Å². The summed E-state index contributed by atoms with van der Waals surface area (Å²) >= 11 is 0. The van der Waals surface area contributed by atoms with Gasteiger partial charge in [-0.05, 0) is 31.2 Å². The minimum Gasteiger partial charge on any atom is -0.512 e. The largest absolute Gasteiger partial charge is 0.512 e. The number of hydrogen-bond donors (Lipinski definition) is 1. The molecule has 1 aliphatic carbocycles. The van der Waals surface area contributed by atoms with Gasteiger partial charge in [-0.3, -0.25) is 0 Å². The van der Waals surface area contributed by atoms with Crippen molar-refractivity contribution in [1.82, 2.24) is 0 Å². The fraction of sp³-hybridized carbons (Fsp3) is 0.389. The molecule has 0 aromatic heterocycles. The fourth-order valence-electron chi connectivity index (χ4n) is 3.49. The van der Waals surface area contributed by atoms with Gasteiger partial charge in [-0.15, -0.1) is 6.58 Å². The lowest BCUT2D eigenvalue weighted by molar-refractivity contribution is -0.158. The summed E-state index contributed by atoms with van der Waals surface area (Å²) in [6, 6.07) is 9.61. The number of rotatable bonds is 3. The first-order valence-electron chi connectivity index (χ1n) is 7.48. The predicted molar refractivity (Wildman–Crippen MR) is 80.9 cm³/mol. The Morgan fingerprint density at radius 3 is 2.48 bits per heavy atom. The number of ether oxygens (including phenoxy) is 1. The van der Waals surface area contributed by atoms with E-state index in [4.69, 9.17) is 4.74 Å². The number of aliphatic hydroxyl groups excluding tert-OH is 1. The molecule has 1 aromatic carbocycles. The number of carbonyl (C=O) groups is 1. The summed E-state index contributed by atoms with van der Waals surface area (Å²) in [6.07, 6.45) is 5.93. The molecule has 1 unspecified atom stereocenters. The molecule has 3 rings (SSSR count). The monoisotopic (exact) mass is 284 g/mol. The summed E-state index contributed by atoms with van der Waals surface area (Å²) in [5.41, 5.74) is 0.815. The van der Waals surface area contributed by atoms with Gasteiger partial charge < -0.3 is 9.84 Å². The van der Waals surface area contributed by atoms with Crippen LogP contribution in [-0.2, 0) is 9.53 Å². The number of esters is 1. The molecular formula is C18H20O3. The summed E-state index contributed by atoms with van der Waals surface area (Å²) in [4.78, 5) is 12.5. The molecule has 1 heterocycles. The van der Waals surface area contributed by atoms with Gasteiger partial charge in [-0.1, -0.05) is 36.4 Å². The molecule has 0 amide bonds. The zero-order valence-corrected chi connectivity index (χ0v) is 12.0. The highest BCUT2D eigenvalue weighted by Crippen LogP contribution is 2.44. The molecule has 1 aromatic rings. The number of hydrogen-bond acceptors (Lipinski definition) is 3. The van der Waals surface area contributed by atoms with Gasteiger partial charge in [-0.2, -0.15) is 0 Å². The van der Waals surface area contributed by atoms with E-state index in [0.717, 1.165) is 31.2 Å². The molecule has 110 valence electrons. The number of aliphatic hydroxyl groups is 1. The Labute approximate surface area is 124 Å². The van der Waals surface area contributed by atoms with E-state index in [2.05, 4.69) is 6.58 Å². The Hall–Kier alpha value is -2.03. The van der Waals surface area contributed by atoms with Gasteiger partial charge >= 0.3 is 5.97 Å². The van der Waals surface area contributed by atoms with E-state index in [9.17, 15) is 9.90 Å². The molecule has 1 aliphatic heterocycles. The Kier molecular flexibility index (Phi) is 3.58. The van der Waals surface area contributed by atoms with E-state index >= 15 is 0 Å². The van der Waals surface area contributed by atoms with E-state index in [1.807, 2.05) is 30.3 Å². The smallest absolute Gasteiger partial charge is 0.338 e. The fourth-order valence-corrected chi connectivity index (χ4v) is 3.49. The maximum absolute atomic E-state index is 12.5. The van der Waals surface area contributed by atoms with Crippen LogP contribution in [0.15, 0.2) is 54.3 Å². The molecule has 1 atom stereocenters. The molecule has 0 bridgehead atoms. The van der Waals surface area contributed by atoms with Crippen molar-refractivity contribution in [2.45, 2.75) is 43.6 Å². The third-order valence-electron chi connectivity index (χ3n) is 4.55. The van der Waals surface area contributed by atoms with Crippen LogP contribution in [0.4, 0.5) is 0 Å². The van der Waals surface area contributed by atoms with Crippen molar-refractivity contribution in [3.63, 3.8) is 0 Å². The van der Waals surface area contributed by atoms with E-state index in [0.29, 0.717) is 12.0 Å². The van der Waals surface area contributed by atoms with Crippen LogP contribution in [-0.4, -0.2) is 16.7 Å². The minimum atomic E-state index is -0.465. The van der Waals surface area contributed by atoms with Crippen LogP contribution in [0.2, 0.25) is 0 Å². The Balaban J connectivity index is 1.96. The topological polar surface area (TPSA) is 46.5 Å². The standard InChI is InChI=1S/C18H20O3/c1-2-14(13-8-4-3-5-9-13)16-15(19)12-18(21-17(16)20)10-6-7-11-18/h2-5,8-9,14,19H,1,6-7,10-12H2. The Bertz CT molecular complexity index is 580. The SMILES string of the molecule is C=CC(C1=C(O)CC2(CCCC2)OC1=O)c1ccccc1. The number of allylic oxidation sites excluding steroid dienone is 1. The van der Waals surface area contributed by atoms with Gasteiger partial charge in [0, 0.05) is 12.3 Å². The van der Waals surface area contributed by atoms with Crippen LogP contribution >= 0.6 is 0 Å². The highest BCUT2D eigenvalue weighted by molar-refractivity contribution is 5.92. The maximum Gasteiger partial charge on any atom is 0.338 e. The molecule has 1 spiro atoms. The van der Waals surface area contributed by atoms with Crippen LogP contribution in [0.5, 0.6) is 0 Å². The van der Waals surface area contributed by atoms with Crippen molar-refractivity contribution in [2.24, 2.45) is 0 Å². The van der Waals surface area contributed by atoms with Crippen LogP contribution in [0.25, 0.3) is 0 Å². The summed E-state index contributed by atoms with van der Waals surface area (Å²) in [5.74, 6) is -0.547. The first kappa shape index (κ1) is 13.9. The first-order valence-corrected chi connectivity index (χ1v) is 7.48. The molecule has 1 N–H and O–H groups in total. The van der Waals surface area contributed by atoms with Gasteiger partial charge in [0.15, 0.2) is 0 Å². The molecule has 3 nitrogen and oxygen atoms in total. The number of carbonyl (C=O) groups excluding carboxylic acids is 1. The van der Waals surface area contributed by atoms with Gasteiger partial charge in [-0.25, -0.2) is 4.79 Å². The van der Waals surface area contributed by atoms with Crippen molar-refractivity contribution >= 4 is 5.97 Å². The molecule has 0 radical (unpaired) electrons.